The first kappa shape index (κ1) is 14.3. The molecule has 0 aliphatic carbocycles. The Morgan fingerprint density at radius 1 is 1.35 bits per heavy atom. The van der Waals surface area contributed by atoms with Gasteiger partial charge in [0.05, 0.1) is 0 Å². The summed E-state index contributed by atoms with van der Waals surface area (Å²) in [4.78, 5) is 25.6. The van der Waals surface area contributed by atoms with Crippen LogP contribution in [0, 0.1) is 0 Å². The maximum absolute atomic E-state index is 11.6. The van der Waals surface area contributed by atoms with Gasteiger partial charge in [0.1, 0.15) is 0 Å². The molecule has 0 aliphatic rings. The Kier molecular flexibility index (Phi) is 4.23. The Balaban J connectivity index is 2.32. The van der Waals surface area contributed by atoms with E-state index >= 15 is 0 Å². The van der Waals surface area contributed by atoms with Gasteiger partial charge in [-0.15, -0.1) is 5.10 Å². The number of hydrogen-bond acceptors (Lipinski definition) is 8. The van der Waals surface area contributed by atoms with Crippen molar-refractivity contribution in [3.05, 3.63) is 10.5 Å². The molecule has 2 aromatic rings. The zero-order valence-electron chi connectivity index (χ0n) is 11.5. The van der Waals surface area contributed by atoms with Crippen molar-refractivity contribution in [3.63, 3.8) is 0 Å². The summed E-state index contributed by atoms with van der Waals surface area (Å²) in [6.45, 7) is 2.57. The summed E-state index contributed by atoms with van der Waals surface area (Å²) in [7, 11) is 3.62. The highest BCUT2D eigenvalue weighted by Gasteiger charge is 2.13. The fourth-order valence-corrected chi connectivity index (χ4v) is 2.30. The maximum atomic E-state index is 11.6. The first-order chi connectivity index (χ1) is 9.51. The normalized spacial score (nSPS) is 10.8. The average Bonchev–Trinajstić information content (AvgIpc) is 2.71. The number of aromatic nitrogens is 6. The lowest BCUT2D eigenvalue weighted by molar-refractivity contribution is 0.603. The molecule has 0 aromatic carbocycles. The molecule has 2 heterocycles. The summed E-state index contributed by atoms with van der Waals surface area (Å²) in [5.74, 6) is 0.589. The number of anilines is 2. The van der Waals surface area contributed by atoms with Gasteiger partial charge in [-0.3, -0.25) is 4.57 Å². The van der Waals surface area contributed by atoms with Crippen LogP contribution in [0.5, 0.6) is 0 Å². The quantitative estimate of drug-likeness (QED) is 0.789. The Morgan fingerprint density at radius 3 is 2.75 bits per heavy atom. The van der Waals surface area contributed by atoms with Crippen molar-refractivity contribution in [2.45, 2.75) is 30.2 Å². The average molecular weight is 296 g/mol. The Labute approximate surface area is 119 Å². The van der Waals surface area contributed by atoms with Crippen LogP contribution in [0.4, 0.5) is 11.9 Å². The highest BCUT2D eigenvalue weighted by atomic mass is 32.2. The van der Waals surface area contributed by atoms with Crippen molar-refractivity contribution in [3.8, 4) is 0 Å². The van der Waals surface area contributed by atoms with Crippen LogP contribution in [-0.2, 0) is 6.54 Å². The van der Waals surface area contributed by atoms with Crippen molar-refractivity contribution >= 4 is 23.7 Å². The van der Waals surface area contributed by atoms with Crippen LogP contribution in [0.25, 0.3) is 0 Å². The molecule has 0 fully saturated rings. The van der Waals surface area contributed by atoms with E-state index in [1.165, 1.54) is 11.8 Å². The summed E-state index contributed by atoms with van der Waals surface area (Å²) in [5.41, 5.74) is 5.41. The molecule has 2 aromatic heterocycles. The fourth-order valence-electron chi connectivity index (χ4n) is 1.49. The van der Waals surface area contributed by atoms with Crippen molar-refractivity contribution in [2.24, 2.45) is 0 Å². The maximum Gasteiger partial charge on any atom is 0.343 e. The second-order valence-electron chi connectivity index (χ2n) is 4.24. The highest BCUT2D eigenvalue weighted by Crippen LogP contribution is 2.23. The lowest BCUT2D eigenvalue weighted by atomic mass is 10.5. The lowest BCUT2D eigenvalue weighted by Crippen LogP contribution is -2.17. The standard InChI is InChI=1S/C10H16N8OS/c1-4-5-18-9(19)15-16-10(18)20-8-13-6(11)12-7(14-8)17(2)3/h4-5H2,1-3H3,(H,15,19)(H2,11,12,13,14). The number of aromatic amines is 1. The third-order valence-electron chi connectivity index (χ3n) is 2.37. The molecule has 0 atom stereocenters. The third kappa shape index (κ3) is 3.07. The molecule has 0 saturated heterocycles. The van der Waals surface area contributed by atoms with Crippen LogP contribution in [0.3, 0.4) is 0 Å². The molecule has 9 nitrogen and oxygen atoms in total. The summed E-state index contributed by atoms with van der Waals surface area (Å²) in [5, 5.41) is 7.29. The first-order valence-corrected chi connectivity index (χ1v) is 6.84. The molecule has 0 saturated carbocycles. The largest absolute Gasteiger partial charge is 0.368 e. The van der Waals surface area contributed by atoms with Crippen LogP contribution in [0.1, 0.15) is 13.3 Å². The summed E-state index contributed by atoms with van der Waals surface area (Å²) in [6.07, 6.45) is 0.829. The monoisotopic (exact) mass is 296 g/mol. The minimum Gasteiger partial charge on any atom is -0.368 e. The molecule has 2 rings (SSSR count). The number of rotatable bonds is 5. The van der Waals surface area contributed by atoms with E-state index in [-0.39, 0.29) is 11.6 Å². The van der Waals surface area contributed by atoms with E-state index in [9.17, 15) is 4.79 Å². The minimum atomic E-state index is -0.246. The topological polar surface area (TPSA) is 119 Å². The van der Waals surface area contributed by atoms with Crippen LogP contribution < -0.4 is 16.3 Å². The van der Waals surface area contributed by atoms with E-state index in [1.54, 1.807) is 9.47 Å². The van der Waals surface area contributed by atoms with Crippen molar-refractivity contribution in [1.82, 2.24) is 29.7 Å². The SMILES string of the molecule is CCCn1c(Sc2nc(N)nc(N(C)C)n2)n[nH]c1=O. The van der Waals surface area contributed by atoms with E-state index in [0.717, 1.165) is 6.42 Å². The molecule has 0 radical (unpaired) electrons. The van der Waals surface area contributed by atoms with Crippen molar-refractivity contribution in [2.75, 3.05) is 24.7 Å². The molecule has 108 valence electrons. The first-order valence-electron chi connectivity index (χ1n) is 6.03. The zero-order chi connectivity index (χ0) is 14.7. The Morgan fingerprint density at radius 2 is 2.10 bits per heavy atom. The molecule has 0 spiro atoms. The van der Waals surface area contributed by atoms with Crippen LogP contribution >= 0.6 is 11.8 Å². The number of H-pyrrole nitrogens is 1. The van der Waals surface area contributed by atoms with Crippen molar-refractivity contribution in [1.29, 1.82) is 0 Å². The second kappa shape index (κ2) is 5.90. The number of hydrogen-bond donors (Lipinski definition) is 2. The fraction of sp³-hybridized carbons (Fsp3) is 0.500. The molecule has 0 bridgehead atoms. The van der Waals surface area contributed by atoms with E-state index in [4.69, 9.17) is 5.73 Å². The summed E-state index contributed by atoms with van der Waals surface area (Å²) in [6, 6.07) is 0. The molecule has 0 aliphatic heterocycles. The van der Waals surface area contributed by atoms with Gasteiger partial charge in [-0.2, -0.15) is 15.0 Å². The van der Waals surface area contributed by atoms with Crippen LogP contribution in [-0.4, -0.2) is 43.8 Å². The molecular weight excluding hydrogens is 280 g/mol. The number of nitrogens with two attached hydrogens (primary N) is 1. The van der Waals surface area contributed by atoms with E-state index in [0.29, 0.717) is 22.8 Å². The summed E-state index contributed by atoms with van der Waals surface area (Å²) >= 11 is 1.17. The van der Waals surface area contributed by atoms with E-state index in [2.05, 4.69) is 25.1 Å². The smallest absolute Gasteiger partial charge is 0.343 e. The molecule has 3 N–H and O–H groups in total. The van der Waals surface area contributed by atoms with Crippen molar-refractivity contribution < 1.29 is 0 Å². The molecular formula is C10H16N8OS. The van der Waals surface area contributed by atoms with E-state index in [1.807, 2.05) is 21.0 Å². The minimum absolute atomic E-state index is 0.131. The lowest BCUT2D eigenvalue weighted by Gasteiger charge is -2.10. The Hall–Kier alpha value is -2.10. The van der Waals surface area contributed by atoms with Gasteiger partial charge in [-0.25, -0.2) is 9.89 Å². The highest BCUT2D eigenvalue weighted by molar-refractivity contribution is 7.99. The van der Waals surface area contributed by atoms with Gasteiger partial charge in [0, 0.05) is 20.6 Å². The van der Waals surface area contributed by atoms with Gasteiger partial charge in [0.15, 0.2) is 5.16 Å². The zero-order valence-corrected chi connectivity index (χ0v) is 12.3. The van der Waals surface area contributed by atoms with Gasteiger partial charge in [0.25, 0.3) is 0 Å². The molecule has 0 amide bonds. The van der Waals surface area contributed by atoms with Crippen LogP contribution in [0.15, 0.2) is 15.1 Å². The number of nitrogens with zero attached hydrogens (tertiary/aromatic N) is 6. The van der Waals surface area contributed by atoms with Gasteiger partial charge < -0.3 is 10.6 Å². The molecule has 20 heavy (non-hydrogen) atoms. The predicted molar refractivity (Wildman–Crippen MR) is 75.8 cm³/mol. The second-order valence-corrected chi connectivity index (χ2v) is 5.17. The molecule has 0 unspecified atom stereocenters. The Bertz CT molecular complexity index is 649. The predicted octanol–water partition coefficient (Wildman–Crippen LogP) is -0.0342. The number of nitrogen functional groups attached to an aromatic ring is 1. The van der Waals surface area contributed by atoms with Gasteiger partial charge >= 0.3 is 5.69 Å². The van der Waals surface area contributed by atoms with E-state index < -0.39 is 0 Å². The third-order valence-corrected chi connectivity index (χ3v) is 3.23. The molecule has 10 heteroatoms. The van der Waals surface area contributed by atoms with Gasteiger partial charge in [0.2, 0.25) is 17.1 Å². The van der Waals surface area contributed by atoms with Gasteiger partial charge in [-0.05, 0) is 18.2 Å². The number of nitrogens with one attached hydrogen (secondary N) is 1. The van der Waals surface area contributed by atoms with Gasteiger partial charge in [-0.1, -0.05) is 6.92 Å². The van der Waals surface area contributed by atoms with Crippen LogP contribution in [0.2, 0.25) is 0 Å². The summed E-state index contributed by atoms with van der Waals surface area (Å²) < 4.78 is 1.54.